The second-order valence-corrected chi connectivity index (χ2v) is 8.37. The number of hydrogen-bond donors (Lipinski definition) is 2. The number of carbonyl (C=O) groups excluding carboxylic acids is 1. The molecule has 2 aromatic carbocycles. The number of benzene rings is 2. The van der Waals surface area contributed by atoms with Gasteiger partial charge >= 0.3 is 139 Å². The first-order valence-corrected chi connectivity index (χ1v) is 10.6. The molecule has 2 heterocycles. The average Bonchev–Trinajstić information content (AvgIpc) is 3.35. The Kier molecular flexibility index (Phi) is 7.52. The number of rotatable bonds is 3. The van der Waals surface area contributed by atoms with Crippen molar-refractivity contribution in [2.24, 2.45) is 4.99 Å². The van der Waals surface area contributed by atoms with E-state index in [1.807, 2.05) is 42.5 Å². The van der Waals surface area contributed by atoms with Gasteiger partial charge in [-0.15, -0.1) is 5.10 Å². The number of amidine groups is 1. The van der Waals surface area contributed by atoms with Gasteiger partial charge in [0.25, 0.3) is 5.97 Å². The van der Waals surface area contributed by atoms with E-state index in [2.05, 4.69) is 38.0 Å². The first kappa shape index (κ1) is 21.9. The Morgan fingerprint density at radius 2 is 1.83 bits per heavy atom. The predicted octanol–water partition coefficient (Wildman–Crippen LogP) is 1.63. The summed E-state index contributed by atoms with van der Waals surface area (Å²) in [6, 6.07) is 15.7. The average molecular weight is 430 g/mol. The van der Waals surface area contributed by atoms with Crippen LogP contribution in [0.3, 0.4) is 0 Å². The van der Waals surface area contributed by atoms with Crippen LogP contribution in [-0.2, 0) is 9.59 Å². The van der Waals surface area contributed by atoms with Crippen LogP contribution in [0.25, 0.3) is 11.8 Å². The number of amides is 1. The van der Waals surface area contributed by atoms with E-state index in [-0.39, 0.29) is 5.91 Å². The summed E-state index contributed by atoms with van der Waals surface area (Å²) in [5, 5.41) is 22.3. The molecule has 1 aliphatic rings. The number of tetrazole rings is 1. The molecule has 3 aromatic rings. The SMILES string of the molecule is CC(=O)O.O=C1N=C(Nc2cc[c]([Na])cc2)SC1=Cc1ccc(-n2cnnn2)cc1. The van der Waals surface area contributed by atoms with E-state index in [4.69, 9.17) is 9.90 Å². The van der Waals surface area contributed by atoms with Gasteiger partial charge in [0, 0.05) is 6.92 Å². The number of aliphatic carboxylic acids is 1. The van der Waals surface area contributed by atoms with Gasteiger partial charge in [-0.25, -0.2) is 4.68 Å². The van der Waals surface area contributed by atoms with Gasteiger partial charge in [0.05, 0.1) is 5.69 Å². The van der Waals surface area contributed by atoms with Crippen molar-refractivity contribution in [3.63, 3.8) is 0 Å². The number of nitrogens with one attached hydrogen (secondary N) is 1. The molecule has 30 heavy (non-hydrogen) atoms. The van der Waals surface area contributed by atoms with E-state index < -0.39 is 5.97 Å². The third-order valence-electron chi connectivity index (χ3n) is 3.73. The summed E-state index contributed by atoms with van der Waals surface area (Å²) in [6.07, 6.45) is 3.36. The third-order valence-corrected chi connectivity index (χ3v) is 5.29. The van der Waals surface area contributed by atoms with Gasteiger partial charge in [-0.2, -0.15) is 0 Å². The van der Waals surface area contributed by atoms with Gasteiger partial charge < -0.3 is 5.11 Å². The summed E-state index contributed by atoms with van der Waals surface area (Å²) >= 11 is 2.35. The molecule has 4 rings (SSSR count). The second kappa shape index (κ2) is 10.3. The number of carbonyl (C=O) groups is 2. The van der Waals surface area contributed by atoms with Gasteiger partial charge in [-0.3, -0.25) is 4.79 Å². The summed E-state index contributed by atoms with van der Waals surface area (Å²) in [6.45, 7) is 1.08. The predicted molar refractivity (Wildman–Crippen MR) is 116 cm³/mol. The fourth-order valence-electron chi connectivity index (χ4n) is 2.38. The van der Waals surface area contributed by atoms with Crippen molar-refractivity contribution in [1.82, 2.24) is 20.2 Å². The van der Waals surface area contributed by atoms with E-state index in [9.17, 15) is 4.79 Å². The molecule has 9 nitrogen and oxygen atoms in total. The van der Waals surface area contributed by atoms with Gasteiger partial charge in [0.2, 0.25) is 0 Å². The molecule has 0 spiro atoms. The van der Waals surface area contributed by atoms with E-state index in [1.54, 1.807) is 4.68 Å². The quantitative estimate of drug-likeness (QED) is 0.475. The first-order valence-electron chi connectivity index (χ1n) is 8.80. The summed E-state index contributed by atoms with van der Waals surface area (Å²) in [4.78, 5) is 25.8. The molecule has 0 aliphatic carbocycles. The third kappa shape index (κ3) is 6.36. The number of carboxylic acid groups (broad SMARTS) is 1. The number of anilines is 1. The fraction of sp³-hybridized carbons (Fsp3) is 0.0526. The van der Waals surface area contributed by atoms with Crippen LogP contribution >= 0.6 is 11.8 Å². The number of hydrogen-bond acceptors (Lipinski definition) is 7. The van der Waals surface area contributed by atoms with Crippen LogP contribution in [0, 0.1) is 0 Å². The Bertz CT molecular complexity index is 1090. The van der Waals surface area contributed by atoms with Gasteiger partial charge in [-0.1, -0.05) is 0 Å². The van der Waals surface area contributed by atoms with Crippen LogP contribution in [0.2, 0.25) is 0 Å². The van der Waals surface area contributed by atoms with Crippen molar-refractivity contribution in [2.45, 2.75) is 6.92 Å². The van der Waals surface area contributed by atoms with Crippen molar-refractivity contribution >= 4 is 71.3 Å². The zero-order valence-corrected chi connectivity index (χ0v) is 19.0. The topological polar surface area (TPSA) is 122 Å². The monoisotopic (exact) mass is 430 g/mol. The van der Waals surface area contributed by atoms with Gasteiger partial charge in [-0.05, 0) is 10.4 Å². The first-order chi connectivity index (χ1) is 14.4. The molecule has 0 unspecified atom stereocenters. The zero-order chi connectivity index (χ0) is 21.5. The minimum absolute atomic E-state index is 0.235. The van der Waals surface area contributed by atoms with Crippen LogP contribution in [0.1, 0.15) is 12.5 Å². The molecule has 1 aliphatic heterocycles. The Balaban J connectivity index is 0.000000589. The normalized spacial score (nSPS) is 14.2. The van der Waals surface area contributed by atoms with Crippen molar-refractivity contribution in [1.29, 1.82) is 0 Å². The van der Waals surface area contributed by atoms with Crippen LogP contribution in [-0.4, -0.2) is 70.3 Å². The van der Waals surface area contributed by atoms with Crippen LogP contribution in [0.5, 0.6) is 0 Å². The molecular weight excluding hydrogens is 415 g/mol. The molecule has 11 heteroatoms. The Labute approximate surface area is 193 Å². The van der Waals surface area contributed by atoms with Crippen LogP contribution in [0.15, 0.2) is 64.8 Å². The number of carboxylic acids is 1. The van der Waals surface area contributed by atoms with E-state index in [0.29, 0.717) is 10.1 Å². The second-order valence-electron chi connectivity index (χ2n) is 6.19. The minimum atomic E-state index is -0.833. The van der Waals surface area contributed by atoms with Crippen molar-refractivity contribution in [3.8, 4) is 5.69 Å². The van der Waals surface area contributed by atoms with Crippen molar-refractivity contribution < 1.29 is 14.7 Å². The molecule has 146 valence electrons. The standard InChI is InChI=1S/C17H11N6OS.C2H4O2.Na/c24-16-15(25-17(20-16)19-13-4-2-1-3-5-13)10-12-6-8-14(9-7-12)23-11-18-21-22-23;1-2(3)4;/h2-11H,(H,19,20,24);1H3,(H,3,4);. The van der Waals surface area contributed by atoms with Gasteiger partial charge in [0.15, 0.2) is 0 Å². The summed E-state index contributed by atoms with van der Waals surface area (Å²) in [5.74, 6) is -1.07. The zero-order valence-electron chi connectivity index (χ0n) is 16.2. The molecule has 1 aromatic heterocycles. The Hall–Kier alpha value is -2.79. The molecule has 1 amide bonds. The molecule has 0 atom stereocenters. The summed E-state index contributed by atoms with van der Waals surface area (Å²) in [5.41, 5.74) is 2.69. The molecule has 0 saturated heterocycles. The van der Waals surface area contributed by atoms with Crippen LogP contribution < -0.4 is 8.13 Å². The van der Waals surface area contributed by atoms with E-state index in [0.717, 1.165) is 51.8 Å². The number of aromatic nitrogens is 4. The molecule has 0 radical (unpaired) electrons. The maximum atomic E-state index is 12.1. The molecular formula is C19H15N6NaO3S. The molecule has 2 N–H and O–H groups in total. The Morgan fingerprint density at radius 1 is 1.17 bits per heavy atom. The molecule has 0 fully saturated rings. The van der Waals surface area contributed by atoms with Gasteiger partial charge in [0.1, 0.15) is 6.33 Å². The maximum absolute atomic E-state index is 12.1. The summed E-state index contributed by atoms with van der Waals surface area (Å²) < 4.78 is 2.89. The number of thioether (sulfide) groups is 1. The van der Waals surface area contributed by atoms with Crippen molar-refractivity contribution in [2.75, 3.05) is 5.32 Å². The Morgan fingerprint density at radius 3 is 2.43 bits per heavy atom. The number of aliphatic imine (C=N–C) groups is 1. The van der Waals surface area contributed by atoms with E-state index >= 15 is 0 Å². The molecule has 0 saturated carbocycles. The summed E-state index contributed by atoms with van der Waals surface area (Å²) in [7, 11) is 0. The molecule has 0 bridgehead atoms. The number of nitrogens with zero attached hydrogens (tertiary/aromatic N) is 5. The van der Waals surface area contributed by atoms with Crippen molar-refractivity contribution in [3.05, 3.63) is 65.3 Å². The van der Waals surface area contributed by atoms with E-state index in [1.165, 1.54) is 20.9 Å². The van der Waals surface area contributed by atoms with Crippen LogP contribution in [0.4, 0.5) is 5.69 Å². The fourth-order valence-corrected chi connectivity index (χ4v) is 3.54.